The second-order valence-corrected chi connectivity index (χ2v) is 8.41. The van der Waals surface area contributed by atoms with Crippen LogP contribution in [0.4, 0.5) is 17.6 Å². The van der Waals surface area contributed by atoms with Crippen molar-refractivity contribution in [1.82, 2.24) is 29.9 Å². The van der Waals surface area contributed by atoms with E-state index in [1.54, 1.807) is 6.20 Å². The molecule has 12 heteroatoms. The number of rotatable bonds is 4. The second-order valence-electron chi connectivity index (χ2n) is 6.99. The van der Waals surface area contributed by atoms with E-state index in [1.807, 2.05) is 17.9 Å². The molecule has 30 heavy (non-hydrogen) atoms. The number of H-pyrrole nitrogens is 1. The Balaban J connectivity index is 1.58. The van der Waals surface area contributed by atoms with E-state index in [2.05, 4.69) is 24.9 Å². The van der Waals surface area contributed by atoms with Crippen LogP contribution in [0.1, 0.15) is 12.6 Å². The van der Waals surface area contributed by atoms with Gasteiger partial charge in [0.05, 0.1) is 21.9 Å². The zero-order valence-corrected chi connectivity index (χ0v) is 17.5. The summed E-state index contributed by atoms with van der Waals surface area (Å²) in [7, 11) is 0. The Kier molecular flexibility index (Phi) is 4.53. The predicted molar refractivity (Wildman–Crippen MR) is 117 cm³/mol. The molecule has 1 saturated heterocycles. The number of hydrogen-bond donors (Lipinski definition) is 4. The summed E-state index contributed by atoms with van der Waals surface area (Å²) in [5, 5.41) is 12.3. The smallest absolute Gasteiger partial charge is 0.224 e. The first-order chi connectivity index (χ1) is 14.4. The number of aliphatic hydroxyl groups is 1. The first-order valence-corrected chi connectivity index (χ1v) is 10.5. The van der Waals surface area contributed by atoms with Crippen LogP contribution in [0.3, 0.4) is 0 Å². The molecule has 10 nitrogen and oxygen atoms in total. The van der Waals surface area contributed by atoms with Gasteiger partial charge in [-0.15, -0.1) is 0 Å². The first-order valence-electron chi connectivity index (χ1n) is 9.30. The van der Waals surface area contributed by atoms with Gasteiger partial charge in [-0.1, -0.05) is 18.5 Å². The zero-order valence-electron chi connectivity index (χ0n) is 15.9. The summed E-state index contributed by atoms with van der Waals surface area (Å²) in [6.07, 6.45) is 2.05. The molecule has 5 rings (SSSR count). The quantitative estimate of drug-likeness (QED) is 0.344. The molecule has 0 saturated carbocycles. The van der Waals surface area contributed by atoms with Crippen LogP contribution in [0.15, 0.2) is 22.3 Å². The summed E-state index contributed by atoms with van der Waals surface area (Å²) in [6.45, 7) is 3.03. The maximum atomic E-state index is 9.75. The number of aromatic nitrogens is 6. The van der Waals surface area contributed by atoms with Gasteiger partial charge in [0, 0.05) is 29.9 Å². The fraction of sp³-hybridized carbons (Fsp3) is 0.278. The van der Waals surface area contributed by atoms with Crippen molar-refractivity contribution in [1.29, 1.82) is 0 Å². The molecule has 0 spiro atoms. The minimum atomic E-state index is -0.366. The second kappa shape index (κ2) is 7.11. The maximum Gasteiger partial charge on any atom is 0.224 e. The summed E-state index contributed by atoms with van der Waals surface area (Å²) in [5.74, 6) is 1.05. The zero-order chi connectivity index (χ0) is 21.0. The van der Waals surface area contributed by atoms with Crippen LogP contribution in [0.25, 0.3) is 22.1 Å². The molecule has 0 bridgehead atoms. The Morgan fingerprint density at radius 2 is 2.07 bits per heavy atom. The molecule has 1 aliphatic rings. The van der Waals surface area contributed by atoms with E-state index in [-0.39, 0.29) is 17.9 Å². The van der Waals surface area contributed by atoms with E-state index >= 15 is 0 Å². The van der Waals surface area contributed by atoms with E-state index in [0.29, 0.717) is 45.8 Å². The number of hydrogen-bond acceptors (Lipinski definition) is 10. The maximum absolute atomic E-state index is 9.75. The van der Waals surface area contributed by atoms with Crippen LogP contribution in [0, 0.1) is 0 Å². The molecule has 0 amide bonds. The average Bonchev–Trinajstić information content (AvgIpc) is 3.01. The minimum Gasteiger partial charge on any atom is -0.389 e. The van der Waals surface area contributed by atoms with Gasteiger partial charge < -0.3 is 26.5 Å². The number of nitrogen functional groups attached to an aromatic ring is 2. The van der Waals surface area contributed by atoms with Crippen molar-refractivity contribution in [2.24, 2.45) is 0 Å². The summed E-state index contributed by atoms with van der Waals surface area (Å²) >= 11 is 7.92. The number of aromatic amines is 1. The Morgan fingerprint density at radius 1 is 1.27 bits per heavy atom. The largest absolute Gasteiger partial charge is 0.389 e. The summed E-state index contributed by atoms with van der Waals surface area (Å²) in [4.78, 5) is 27.8. The SMILES string of the molecule is CCc1[nH]c2nc(Sc3cnc4nc(N)nc(N)c4c3)nc(N3CC(O)C3)c2c1Cl. The van der Waals surface area contributed by atoms with Crippen LogP contribution < -0.4 is 16.4 Å². The highest BCUT2D eigenvalue weighted by Gasteiger charge is 2.30. The number of pyridine rings is 1. The molecule has 1 aliphatic heterocycles. The molecule has 4 aromatic heterocycles. The van der Waals surface area contributed by atoms with E-state index in [9.17, 15) is 5.11 Å². The predicted octanol–water partition coefficient (Wildman–Crippen LogP) is 2.01. The third-order valence-electron chi connectivity index (χ3n) is 4.92. The topological polar surface area (TPSA) is 156 Å². The van der Waals surface area contributed by atoms with Gasteiger partial charge >= 0.3 is 0 Å². The summed E-state index contributed by atoms with van der Waals surface area (Å²) in [5.41, 5.74) is 13.6. The lowest BCUT2D eigenvalue weighted by molar-refractivity contribution is 0.141. The van der Waals surface area contributed by atoms with Crippen LogP contribution in [0.2, 0.25) is 5.02 Å². The molecule has 0 aromatic carbocycles. The van der Waals surface area contributed by atoms with Crippen molar-refractivity contribution in [3.05, 3.63) is 23.0 Å². The van der Waals surface area contributed by atoms with Crippen molar-refractivity contribution in [2.75, 3.05) is 29.5 Å². The van der Waals surface area contributed by atoms with Gasteiger partial charge in [0.15, 0.2) is 10.8 Å². The molecule has 154 valence electrons. The number of fused-ring (bicyclic) bond motifs is 2. The Labute approximate surface area is 180 Å². The van der Waals surface area contributed by atoms with Crippen LogP contribution in [-0.2, 0) is 6.42 Å². The molecule has 0 unspecified atom stereocenters. The molecule has 0 atom stereocenters. The monoisotopic (exact) mass is 443 g/mol. The molecule has 0 radical (unpaired) electrons. The molecule has 0 aliphatic carbocycles. The van der Waals surface area contributed by atoms with E-state index < -0.39 is 0 Å². The normalized spacial score (nSPS) is 14.6. The fourth-order valence-electron chi connectivity index (χ4n) is 3.41. The number of aliphatic hydroxyl groups excluding tert-OH is 1. The Morgan fingerprint density at radius 3 is 2.80 bits per heavy atom. The average molecular weight is 444 g/mol. The highest BCUT2D eigenvalue weighted by molar-refractivity contribution is 7.99. The third-order valence-corrected chi connectivity index (χ3v) is 6.16. The van der Waals surface area contributed by atoms with E-state index in [0.717, 1.165) is 22.4 Å². The highest BCUT2D eigenvalue weighted by atomic mass is 35.5. The van der Waals surface area contributed by atoms with Gasteiger partial charge in [0.25, 0.3) is 0 Å². The van der Waals surface area contributed by atoms with Gasteiger partial charge in [-0.2, -0.15) is 9.97 Å². The lowest BCUT2D eigenvalue weighted by Crippen LogP contribution is -2.51. The number of halogens is 1. The number of β-amino-alcohol motifs (C(OH)–C–C–N with tert-alkyl or cyclic N) is 1. The molecule has 5 heterocycles. The van der Waals surface area contributed by atoms with Gasteiger partial charge in [-0.05, 0) is 24.2 Å². The van der Waals surface area contributed by atoms with Crippen LogP contribution in [-0.4, -0.2) is 54.2 Å². The molecular weight excluding hydrogens is 426 g/mol. The Bertz CT molecular complexity index is 1290. The molecule has 1 fully saturated rings. The van der Waals surface area contributed by atoms with E-state index in [1.165, 1.54) is 11.8 Å². The fourth-order valence-corrected chi connectivity index (χ4v) is 4.53. The lowest BCUT2D eigenvalue weighted by atomic mass is 10.1. The van der Waals surface area contributed by atoms with Crippen LogP contribution in [0.5, 0.6) is 0 Å². The molecule has 4 aromatic rings. The number of nitrogens with zero attached hydrogens (tertiary/aromatic N) is 6. The van der Waals surface area contributed by atoms with Crippen molar-refractivity contribution >= 4 is 63.0 Å². The van der Waals surface area contributed by atoms with Crippen molar-refractivity contribution in [2.45, 2.75) is 29.5 Å². The Hall–Kier alpha value is -2.89. The van der Waals surface area contributed by atoms with E-state index in [4.69, 9.17) is 28.1 Å². The molecule has 6 N–H and O–H groups in total. The summed E-state index contributed by atoms with van der Waals surface area (Å²) in [6, 6.07) is 1.83. The first kappa shape index (κ1) is 19.1. The number of aryl methyl sites for hydroxylation is 1. The van der Waals surface area contributed by atoms with Gasteiger partial charge in [0.1, 0.15) is 17.3 Å². The highest BCUT2D eigenvalue weighted by Crippen LogP contribution is 2.38. The molecular formula is C18H18ClN9OS. The van der Waals surface area contributed by atoms with Gasteiger partial charge in [-0.3, -0.25) is 0 Å². The minimum absolute atomic E-state index is 0.0819. The number of nitrogens with two attached hydrogens (primary N) is 2. The summed E-state index contributed by atoms with van der Waals surface area (Å²) < 4.78 is 0. The van der Waals surface area contributed by atoms with Crippen molar-refractivity contribution in [3.8, 4) is 0 Å². The number of anilines is 3. The van der Waals surface area contributed by atoms with Gasteiger partial charge in [0.2, 0.25) is 5.95 Å². The standard InChI is InChI=1S/C18H18ClN9OS/c1-2-10-12(19)11-15(23-10)26-18(27-16(11)28-5-7(29)6-28)30-8-3-9-13(20)24-17(21)25-14(9)22-4-8/h3-4,7,29H,2,5-6H2,1H3,(H,23,26,27)(H4,20,21,22,24,25). The lowest BCUT2D eigenvalue weighted by Gasteiger charge is -2.37. The number of nitrogens with one attached hydrogen (secondary N) is 1. The van der Waals surface area contributed by atoms with Crippen LogP contribution >= 0.6 is 23.4 Å². The van der Waals surface area contributed by atoms with Crippen molar-refractivity contribution in [3.63, 3.8) is 0 Å². The van der Waals surface area contributed by atoms with Gasteiger partial charge in [-0.25, -0.2) is 15.0 Å². The van der Waals surface area contributed by atoms with Crippen molar-refractivity contribution < 1.29 is 5.11 Å². The third kappa shape index (κ3) is 3.15.